The van der Waals surface area contributed by atoms with Crippen LogP contribution in [-0.4, -0.2) is 16.9 Å². The van der Waals surface area contributed by atoms with E-state index in [-0.39, 0.29) is 18.6 Å². The van der Waals surface area contributed by atoms with Crippen molar-refractivity contribution in [1.82, 2.24) is 0 Å². The molecule has 0 atom stereocenters. The SMILES string of the molecule is CC1(F)CC(N=C=O)(c2ccccc2O)C1. The summed E-state index contributed by atoms with van der Waals surface area (Å²) in [6.07, 6.45) is 1.68. The van der Waals surface area contributed by atoms with Crippen LogP contribution in [0.4, 0.5) is 4.39 Å². The number of nitrogens with zero attached hydrogens (tertiary/aromatic N) is 1. The molecule has 0 bridgehead atoms. The van der Waals surface area contributed by atoms with Gasteiger partial charge in [0.15, 0.2) is 0 Å². The predicted octanol–water partition coefficient (Wildman–Crippen LogP) is 2.45. The fourth-order valence-corrected chi connectivity index (χ4v) is 2.45. The third-order valence-corrected chi connectivity index (χ3v) is 2.99. The van der Waals surface area contributed by atoms with Gasteiger partial charge in [-0.3, -0.25) is 0 Å². The summed E-state index contributed by atoms with van der Waals surface area (Å²) in [7, 11) is 0. The minimum absolute atomic E-state index is 0.0389. The van der Waals surface area contributed by atoms with E-state index in [0.29, 0.717) is 5.56 Å². The van der Waals surface area contributed by atoms with Crippen LogP contribution in [0.15, 0.2) is 29.3 Å². The largest absolute Gasteiger partial charge is 0.508 e. The van der Waals surface area contributed by atoms with Gasteiger partial charge < -0.3 is 5.11 Å². The van der Waals surface area contributed by atoms with Gasteiger partial charge >= 0.3 is 0 Å². The van der Waals surface area contributed by atoms with Crippen LogP contribution < -0.4 is 0 Å². The number of hydrogen-bond acceptors (Lipinski definition) is 3. The van der Waals surface area contributed by atoms with Crippen molar-refractivity contribution in [2.45, 2.75) is 31.0 Å². The lowest BCUT2D eigenvalue weighted by Gasteiger charge is -2.46. The summed E-state index contributed by atoms with van der Waals surface area (Å²) >= 11 is 0. The van der Waals surface area contributed by atoms with Crippen LogP contribution in [0.3, 0.4) is 0 Å². The Kier molecular flexibility index (Phi) is 2.32. The summed E-state index contributed by atoms with van der Waals surface area (Å²) in [6, 6.07) is 6.56. The second-order valence-electron chi connectivity index (χ2n) is 4.52. The second-order valence-corrected chi connectivity index (χ2v) is 4.52. The zero-order chi connectivity index (χ0) is 11.8. The highest BCUT2D eigenvalue weighted by Crippen LogP contribution is 2.54. The van der Waals surface area contributed by atoms with Crippen molar-refractivity contribution in [3.63, 3.8) is 0 Å². The molecule has 84 valence electrons. The molecule has 1 aliphatic carbocycles. The normalized spacial score (nSPS) is 32.6. The highest BCUT2D eigenvalue weighted by Gasteiger charge is 2.55. The number of aromatic hydroxyl groups is 1. The van der Waals surface area contributed by atoms with E-state index in [1.54, 1.807) is 18.2 Å². The lowest BCUT2D eigenvalue weighted by Crippen LogP contribution is -2.48. The molecule has 16 heavy (non-hydrogen) atoms. The van der Waals surface area contributed by atoms with Crippen LogP contribution in [0.5, 0.6) is 5.75 Å². The topological polar surface area (TPSA) is 49.7 Å². The van der Waals surface area contributed by atoms with E-state index < -0.39 is 11.2 Å². The Bertz CT molecular complexity index is 456. The van der Waals surface area contributed by atoms with E-state index in [0.717, 1.165) is 0 Å². The number of benzene rings is 1. The fourth-order valence-electron chi connectivity index (χ4n) is 2.45. The molecule has 1 aromatic carbocycles. The quantitative estimate of drug-likeness (QED) is 0.616. The van der Waals surface area contributed by atoms with Gasteiger partial charge in [-0.05, 0) is 13.0 Å². The Morgan fingerprint density at radius 3 is 2.56 bits per heavy atom. The van der Waals surface area contributed by atoms with E-state index in [9.17, 15) is 14.3 Å². The number of alkyl halides is 1. The first kappa shape index (κ1) is 10.8. The number of phenols is 1. The van der Waals surface area contributed by atoms with Crippen molar-refractivity contribution in [3.8, 4) is 5.75 Å². The standard InChI is InChI=1S/C12H12FNO2/c1-11(13)6-12(7-11,14-8-15)9-4-2-3-5-10(9)16/h2-5,16H,6-7H2,1H3. The van der Waals surface area contributed by atoms with Crippen LogP contribution in [0.25, 0.3) is 0 Å². The molecule has 0 radical (unpaired) electrons. The number of halogens is 1. The van der Waals surface area contributed by atoms with Gasteiger partial charge in [-0.2, -0.15) is 4.99 Å². The molecule has 1 aromatic rings. The highest BCUT2D eigenvalue weighted by molar-refractivity contribution is 5.46. The molecule has 1 N–H and O–H groups in total. The molecule has 2 rings (SSSR count). The van der Waals surface area contributed by atoms with E-state index in [2.05, 4.69) is 4.99 Å². The van der Waals surface area contributed by atoms with Crippen LogP contribution in [0.1, 0.15) is 25.3 Å². The minimum Gasteiger partial charge on any atom is -0.508 e. The van der Waals surface area contributed by atoms with Gasteiger partial charge in [0.25, 0.3) is 0 Å². The maximum Gasteiger partial charge on any atom is 0.235 e. The molecule has 0 saturated heterocycles. The molecule has 0 unspecified atom stereocenters. The summed E-state index contributed by atoms with van der Waals surface area (Å²) in [5.41, 5.74) is -1.77. The molecular formula is C12H12FNO2. The van der Waals surface area contributed by atoms with Crippen molar-refractivity contribution in [3.05, 3.63) is 29.8 Å². The predicted molar refractivity (Wildman–Crippen MR) is 56.7 cm³/mol. The molecular weight excluding hydrogens is 209 g/mol. The Morgan fingerprint density at radius 2 is 2.06 bits per heavy atom. The van der Waals surface area contributed by atoms with Crippen LogP contribution >= 0.6 is 0 Å². The monoisotopic (exact) mass is 221 g/mol. The van der Waals surface area contributed by atoms with Crippen LogP contribution in [0.2, 0.25) is 0 Å². The summed E-state index contributed by atoms with van der Waals surface area (Å²) in [6.45, 7) is 1.46. The third kappa shape index (κ3) is 1.61. The van der Waals surface area contributed by atoms with E-state index in [4.69, 9.17) is 0 Å². The highest BCUT2D eigenvalue weighted by atomic mass is 19.1. The molecule has 0 aromatic heterocycles. The maximum absolute atomic E-state index is 13.6. The lowest BCUT2D eigenvalue weighted by molar-refractivity contribution is 0.00183. The Morgan fingerprint density at radius 1 is 1.44 bits per heavy atom. The van der Waals surface area contributed by atoms with Crippen molar-refractivity contribution < 1.29 is 14.3 Å². The molecule has 1 saturated carbocycles. The Hall–Kier alpha value is -1.67. The van der Waals surface area contributed by atoms with Crippen molar-refractivity contribution in [1.29, 1.82) is 0 Å². The molecule has 0 heterocycles. The average molecular weight is 221 g/mol. The third-order valence-electron chi connectivity index (χ3n) is 2.99. The number of para-hydroxylation sites is 1. The smallest absolute Gasteiger partial charge is 0.235 e. The summed E-state index contributed by atoms with van der Waals surface area (Å²) in [4.78, 5) is 14.1. The molecule has 1 aliphatic rings. The zero-order valence-corrected chi connectivity index (χ0v) is 8.90. The van der Waals surface area contributed by atoms with E-state index in [1.807, 2.05) is 0 Å². The van der Waals surface area contributed by atoms with Crippen LogP contribution in [0, 0.1) is 0 Å². The van der Waals surface area contributed by atoms with Gasteiger partial charge in [-0.15, -0.1) is 0 Å². The van der Waals surface area contributed by atoms with Gasteiger partial charge in [-0.1, -0.05) is 18.2 Å². The van der Waals surface area contributed by atoms with Crippen LogP contribution in [-0.2, 0) is 10.3 Å². The van der Waals surface area contributed by atoms with Gasteiger partial charge in [0, 0.05) is 18.4 Å². The van der Waals surface area contributed by atoms with Gasteiger partial charge in [0.1, 0.15) is 17.0 Å². The summed E-state index contributed by atoms with van der Waals surface area (Å²) in [5.74, 6) is 0.0389. The maximum atomic E-state index is 13.6. The van der Waals surface area contributed by atoms with E-state index >= 15 is 0 Å². The molecule has 3 nitrogen and oxygen atoms in total. The Labute approximate surface area is 92.6 Å². The first-order chi connectivity index (χ1) is 7.49. The van der Waals surface area contributed by atoms with Gasteiger partial charge in [-0.25, -0.2) is 9.18 Å². The molecule has 0 spiro atoms. The number of isocyanates is 1. The van der Waals surface area contributed by atoms with Crippen molar-refractivity contribution >= 4 is 6.08 Å². The minimum atomic E-state index is -1.33. The fraction of sp³-hybridized carbons (Fsp3) is 0.417. The zero-order valence-electron chi connectivity index (χ0n) is 8.90. The second kappa shape index (κ2) is 3.42. The van der Waals surface area contributed by atoms with Gasteiger partial charge in [0.05, 0.1) is 0 Å². The number of aliphatic imine (C=N–C) groups is 1. The molecule has 0 aliphatic heterocycles. The number of carbonyl (C=O) groups excluding carboxylic acids is 1. The first-order valence-electron chi connectivity index (χ1n) is 5.06. The summed E-state index contributed by atoms with van der Waals surface area (Å²) < 4.78 is 13.6. The first-order valence-corrected chi connectivity index (χ1v) is 5.06. The molecule has 1 fully saturated rings. The van der Waals surface area contributed by atoms with Crippen molar-refractivity contribution in [2.24, 2.45) is 4.99 Å². The number of rotatable bonds is 2. The lowest BCUT2D eigenvalue weighted by atomic mass is 9.64. The number of hydrogen-bond donors (Lipinski definition) is 1. The Balaban J connectivity index is 2.44. The molecule has 4 heteroatoms. The summed E-state index contributed by atoms with van der Waals surface area (Å²) in [5, 5.41) is 9.70. The number of phenolic OH excluding ortho intramolecular Hbond substituents is 1. The average Bonchev–Trinajstić information content (AvgIpc) is 2.15. The molecule has 0 amide bonds. The van der Waals surface area contributed by atoms with E-state index in [1.165, 1.54) is 19.1 Å². The van der Waals surface area contributed by atoms with Gasteiger partial charge in [0.2, 0.25) is 6.08 Å². The van der Waals surface area contributed by atoms with Crippen molar-refractivity contribution in [2.75, 3.05) is 0 Å².